The van der Waals surface area contributed by atoms with Gasteiger partial charge < -0.3 is 9.80 Å². The van der Waals surface area contributed by atoms with Crippen LogP contribution in [-0.2, 0) is 31.2 Å². The first-order valence-electron chi connectivity index (χ1n) is 9.76. The summed E-state index contributed by atoms with van der Waals surface area (Å²) in [7, 11) is 5.64. The maximum atomic E-state index is 10.7. The second kappa shape index (κ2) is 28.4. The normalized spacial score (nSPS) is 10.2. The second-order valence-corrected chi connectivity index (χ2v) is 10.0. The Morgan fingerprint density at radius 2 is 1.11 bits per heavy atom. The van der Waals surface area contributed by atoms with Crippen LogP contribution in [0.2, 0.25) is 0 Å². The summed E-state index contributed by atoms with van der Waals surface area (Å²) in [4.78, 5) is 22.5. The van der Waals surface area contributed by atoms with Gasteiger partial charge in [0.1, 0.15) is 0 Å². The quantitative estimate of drug-likeness (QED) is 0.384. The summed E-state index contributed by atoms with van der Waals surface area (Å²) < 4.78 is 20.3. The van der Waals surface area contributed by atoms with Crippen molar-refractivity contribution in [1.29, 1.82) is 0 Å². The number of nitrogens with zero attached hydrogens (tertiary/aromatic N) is 2. The number of carbonyl (C=O) groups excluding carboxylic acids is 2. The lowest BCUT2D eigenvalue weighted by Gasteiger charge is -2.02. The zero-order valence-corrected chi connectivity index (χ0v) is 21.4. The van der Waals surface area contributed by atoms with E-state index in [0.717, 1.165) is 18.6 Å². The monoisotopic (exact) mass is 442 g/mol. The first-order chi connectivity index (χ1) is 12.9. The van der Waals surface area contributed by atoms with Gasteiger partial charge in [0.05, 0.1) is 0 Å². The van der Waals surface area contributed by atoms with Gasteiger partial charge in [0.25, 0.3) is 0 Å². The molecule has 0 aromatic heterocycles. The van der Waals surface area contributed by atoms with Crippen LogP contribution in [0.15, 0.2) is 0 Å². The third kappa shape index (κ3) is 63.9. The summed E-state index contributed by atoms with van der Waals surface area (Å²) in [5.41, 5.74) is 0. The van der Waals surface area contributed by atoms with Gasteiger partial charge in [0.15, 0.2) is 0 Å². The molecule has 0 saturated carbocycles. The zero-order chi connectivity index (χ0) is 23.0. The maximum absolute atomic E-state index is 10.7. The zero-order valence-electron chi connectivity index (χ0n) is 19.8. The van der Waals surface area contributed by atoms with Gasteiger partial charge >= 0.3 is 0 Å². The molecule has 2 amide bonds. The molecule has 0 radical (unpaired) electrons. The number of unbranched alkanes of at least 4 members (excludes halogenated alkanes) is 7. The second-order valence-electron chi connectivity index (χ2n) is 6.98. The van der Waals surface area contributed by atoms with Gasteiger partial charge in [0, 0.05) is 81.2 Å². The molecule has 1 unspecified atom stereocenters. The van der Waals surface area contributed by atoms with E-state index < -0.39 is 21.6 Å². The highest BCUT2D eigenvalue weighted by molar-refractivity contribution is 7.84. The van der Waals surface area contributed by atoms with Crippen LogP contribution in [0, 0.1) is 0 Å². The van der Waals surface area contributed by atoms with Gasteiger partial charge in [-0.05, 0) is 6.42 Å². The van der Waals surface area contributed by atoms with E-state index in [4.69, 9.17) is 0 Å². The summed E-state index contributed by atoms with van der Waals surface area (Å²) >= 11 is 0. The Morgan fingerprint density at radius 1 is 0.821 bits per heavy atom. The van der Waals surface area contributed by atoms with E-state index in [9.17, 15) is 18.0 Å². The summed E-state index contributed by atoms with van der Waals surface area (Å²) in [6.45, 7) is 3.77. The minimum atomic E-state index is -0.611. The number of carbonyl (C=O) groups is 2. The third-order valence-electron chi connectivity index (χ3n) is 3.13. The standard InChI is InChI=1S/C11H24OS.C4H9NO.C3H7NO.C2H6OS/c1-3-4-5-6-7-8-9-10-11-13(2)12;1-4(6)5(2)3;1-4(2)3-5;1-4(2)3/h3-11H2,1-2H3;1-3H3;3H,1-2H3;1-2H3. The molecular weight excluding hydrogens is 396 g/mol. The highest BCUT2D eigenvalue weighted by atomic mass is 32.2. The SMILES string of the molecule is CC(=O)N(C)C.CCCCCCCCCCS(C)=O.CN(C)C=O.CS(C)=O. The molecule has 0 rings (SSSR count). The van der Waals surface area contributed by atoms with Gasteiger partial charge in [0.2, 0.25) is 12.3 Å². The molecule has 28 heavy (non-hydrogen) atoms. The van der Waals surface area contributed by atoms with Crippen LogP contribution >= 0.6 is 0 Å². The van der Waals surface area contributed by atoms with Crippen molar-refractivity contribution in [3.8, 4) is 0 Å². The Labute approximate surface area is 179 Å². The lowest BCUT2D eigenvalue weighted by atomic mass is 10.1. The number of hydrogen-bond acceptors (Lipinski definition) is 4. The highest BCUT2D eigenvalue weighted by Crippen LogP contribution is 2.08. The largest absolute Gasteiger partial charge is 0.351 e. The van der Waals surface area contributed by atoms with Crippen LogP contribution in [0.4, 0.5) is 0 Å². The molecule has 0 aliphatic heterocycles. The Kier molecular flexibility index (Phi) is 35.3. The Balaban J connectivity index is -0.000000159. The fraction of sp³-hybridized carbons (Fsp3) is 0.900. The molecule has 0 N–H and O–H groups in total. The van der Waals surface area contributed by atoms with Crippen molar-refractivity contribution in [3.63, 3.8) is 0 Å². The summed E-state index contributed by atoms with van der Waals surface area (Å²) in [5, 5.41) is 0. The van der Waals surface area contributed by atoms with E-state index in [1.165, 1.54) is 61.7 Å². The molecule has 0 saturated heterocycles. The Morgan fingerprint density at radius 3 is 1.32 bits per heavy atom. The van der Waals surface area contributed by atoms with Crippen molar-refractivity contribution in [2.24, 2.45) is 0 Å². The molecule has 0 fully saturated rings. The summed E-state index contributed by atoms with van der Waals surface area (Å²) in [6, 6.07) is 0. The Hall–Kier alpha value is -0.760. The third-order valence-corrected chi connectivity index (χ3v) is 3.99. The van der Waals surface area contributed by atoms with Crippen molar-refractivity contribution in [2.75, 3.05) is 52.7 Å². The van der Waals surface area contributed by atoms with Crippen molar-refractivity contribution < 1.29 is 18.0 Å². The van der Waals surface area contributed by atoms with E-state index in [-0.39, 0.29) is 5.91 Å². The highest BCUT2D eigenvalue weighted by Gasteiger charge is 1.93. The number of hydrogen-bond donors (Lipinski definition) is 0. The molecule has 1 atom stereocenters. The average molecular weight is 443 g/mol. The number of rotatable bonds is 10. The first kappa shape index (κ1) is 34.7. The van der Waals surface area contributed by atoms with Crippen molar-refractivity contribution in [2.45, 2.75) is 65.2 Å². The van der Waals surface area contributed by atoms with Crippen LogP contribution < -0.4 is 0 Å². The Bertz CT molecular complexity index is 386. The van der Waals surface area contributed by atoms with Crippen LogP contribution in [0.3, 0.4) is 0 Å². The maximum Gasteiger partial charge on any atom is 0.218 e. The predicted molar refractivity (Wildman–Crippen MR) is 126 cm³/mol. The van der Waals surface area contributed by atoms with Gasteiger partial charge in [-0.2, -0.15) is 0 Å². The smallest absolute Gasteiger partial charge is 0.218 e. The molecule has 172 valence electrons. The van der Waals surface area contributed by atoms with Crippen LogP contribution in [0.5, 0.6) is 0 Å². The molecule has 0 aromatic rings. The minimum absolute atomic E-state index is 0.0926. The van der Waals surface area contributed by atoms with Crippen molar-refractivity contribution in [1.82, 2.24) is 9.80 Å². The van der Waals surface area contributed by atoms with Gasteiger partial charge in [-0.3, -0.25) is 18.0 Å². The fourth-order valence-electron chi connectivity index (χ4n) is 1.44. The summed E-state index contributed by atoms with van der Waals surface area (Å²) in [5.74, 6) is 0.990. The predicted octanol–water partition coefficient (Wildman–Crippen LogP) is 3.30. The van der Waals surface area contributed by atoms with E-state index in [1.54, 1.807) is 47.0 Å². The molecule has 0 aliphatic rings. The molecule has 0 spiro atoms. The van der Waals surface area contributed by atoms with Gasteiger partial charge in [-0.25, -0.2) is 0 Å². The molecule has 0 aromatic carbocycles. The number of amides is 2. The van der Waals surface area contributed by atoms with E-state index in [0.29, 0.717) is 0 Å². The van der Waals surface area contributed by atoms with E-state index in [2.05, 4.69) is 6.92 Å². The minimum Gasteiger partial charge on any atom is -0.351 e. The molecule has 6 nitrogen and oxygen atoms in total. The molecule has 0 aliphatic carbocycles. The van der Waals surface area contributed by atoms with Crippen molar-refractivity contribution >= 4 is 33.9 Å². The van der Waals surface area contributed by atoms with Crippen LogP contribution in [0.25, 0.3) is 0 Å². The van der Waals surface area contributed by atoms with E-state index >= 15 is 0 Å². The summed E-state index contributed by atoms with van der Waals surface area (Å²) in [6.07, 6.45) is 16.5. The molecule has 0 bridgehead atoms. The van der Waals surface area contributed by atoms with Crippen molar-refractivity contribution in [3.05, 3.63) is 0 Å². The van der Waals surface area contributed by atoms with E-state index in [1.807, 2.05) is 0 Å². The average Bonchev–Trinajstić information content (AvgIpc) is 2.57. The van der Waals surface area contributed by atoms with Crippen LogP contribution in [-0.4, -0.2) is 83.2 Å². The molecule has 0 heterocycles. The molecular formula is C20H46N2O4S2. The first-order valence-corrected chi connectivity index (χ1v) is 13.5. The molecule has 8 heteroatoms. The lowest BCUT2D eigenvalue weighted by molar-refractivity contribution is -0.126. The topological polar surface area (TPSA) is 74.8 Å². The fourth-order valence-corrected chi connectivity index (χ4v) is 2.05. The van der Waals surface area contributed by atoms with Gasteiger partial charge in [-0.1, -0.05) is 51.9 Å². The van der Waals surface area contributed by atoms with Crippen LogP contribution in [0.1, 0.15) is 65.2 Å². The van der Waals surface area contributed by atoms with Gasteiger partial charge in [-0.15, -0.1) is 0 Å². The lowest BCUT2D eigenvalue weighted by Crippen LogP contribution is -2.17.